The molecule has 134 valence electrons. The van der Waals surface area contributed by atoms with E-state index in [-0.39, 0.29) is 30.2 Å². The van der Waals surface area contributed by atoms with Crippen molar-refractivity contribution in [2.24, 2.45) is 0 Å². The monoisotopic (exact) mass is 414 g/mol. The summed E-state index contributed by atoms with van der Waals surface area (Å²) in [6.45, 7) is 3.30. The summed E-state index contributed by atoms with van der Waals surface area (Å²) in [7, 11) is 0. The van der Waals surface area contributed by atoms with E-state index in [2.05, 4.69) is 15.9 Å². The van der Waals surface area contributed by atoms with E-state index in [1.807, 2.05) is 37.3 Å². The minimum Gasteiger partial charge on any atom is -0.324 e. The number of halogens is 1. The largest absolute Gasteiger partial charge is 0.324 e. The van der Waals surface area contributed by atoms with Crippen molar-refractivity contribution in [3.05, 3.63) is 64.6 Å². The molecule has 1 saturated heterocycles. The summed E-state index contributed by atoms with van der Waals surface area (Å²) < 4.78 is 0.861. The summed E-state index contributed by atoms with van der Waals surface area (Å²) in [6.07, 6.45) is -0.00828. The molecule has 1 heterocycles. The Morgan fingerprint density at radius 2 is 1.73 bits per heavy atom. The molecule has 2 aromatic carbocycles. The summed E-state index contributed by atoms with van der Waals surface area (Å²) in [5.41, 5.74) is 1.44. The molecule has 3 rings (SSSR count). The Morgan fingerprint density at radius 1 is 1.12 bits per heavy atom. The van der Waals surface area contributed by atoms with Crippen LogP contribution in [0.5, 0.6) is 0 Å². The van der Waals surface area contributed by atoms with Crippen molar-refractivity contribution in [3.8, 4) is 0 Å². The fourth-order valence-corrected chi connectivity index (χ4v) is 3.61. The summed E-state index contributed by atoms with van der Waals surface area (Å²) in [5.74, 6) is -0.894. The minimum absolute atomic E-state index is 0.00828. The molecular weight excluding hydrogens is 396 g/mol. The van der Waals surface area contributed by atoms with E-state index in [1.54, 1.807) is 24.3 Å². The van der Waals surface area contributed by atoms with Crippen LogP contribution in [0, 0.1) is 0 Å². The molecule has 1 aliphatic rings. The lowest BCUT2D eigenvalue weighted by Gasteiger charge is -2.32. The van der Waals surface area contributed by atoms with Crippen molar-refractivity contribution in [1.82, 2.24) is 4.90 Å². The van der Waals surface area contributed by atoms with Gasteiger partial charge >= 0.3 is 0 Å². The molecule has 2 atom stereocenters. The van der Waals surface area contributed by atoms with Crippen LogP contribution < -0.4 is 4.90 Å². The Labute approximate surface area is 160 Å². The average molecular weight is 415 g/mol. The van der Waals surface area contributed by atoms with E-state index < -0.39 is 6.04 Å². The molecule has 2 unspecified atom stereocenters. The lowest BCUT2D eigenvalue weighted by molar-refractivity contribution is -0.139. The first-order valence-electron chi connectivity index (χ1n) is 8.36. The summed E-state index contributed by atoms with van der Waals surface area (Å²) in [6, 6.07) is 15.4. The Kier molecular flexibility index (Phi) is 5.23. The maximum absolute atomic E-state index is 13.0. The third kappa shape index (κ3) is 3.42. The number of benzene rings is 2. The quantitative estimate of drug-likeness (QED) is 0.716. The Morgan fingerprint density at radius 3 is 2.31 bits per heavy atom. The molecule has 0 saturated carbocycles. The number of anilines is 1. The Hall–Kier alpha value is -2.47. The van der Waals surface area contributed by atoms with Crippen LogP contribution in [-0.2, 0) is 14.4 Å². The molecule has 3 amide bonds. The molecule has 0 bridgehead atoms. The fourth-order valence-electron chi connectivity index (χ4n) is 3.35. The van der Waals surface area contributed by atoms with Crippen molar-refractivity contribution in [2.45, 2.75) is 32.4 Å². The van der Waals surface area contributed by atoms with Crippen LogP contribution in [0.2, 0.25) is 0 Å². The van der Waals surface area contributed by atoms with E-state index >= 15 is 0 Å². The van der Waals surface area contributed by atoms with Crippen molar-refractivity contribution in [3.63, 3.8) is 0 Å². The van der Waals surface area contributed by atoms with Gasteiger partial charge in [-0.3, -0.25) is 14.4 Å². The lowest BCUT2D eigenvalue weighted by Crippen LogP contribution is -2.45. The van der Waals surface area contributed by atoms with Gasteiger partial charge in [0.25, 0.3) is 5.91 Å². The van der Waals surface area contributed by atoms with Crippen molar-refractivity contribution >= 4 is 39.3 Å². The fraction of sp³-hybridized carbons (Fsp3) is 0.250. The highest BCUT2D eigenvalue weighted by molar-refractivity contribution is 9.10. The molecule has 26 heavy (non-hydrogen) atoms. The predicted octanol–water partition coefficient (Wildman–Crippen LogP) is 3.69. The number of carbonyl (C=O) groups is 3. The van der Waals surface area contributed by atoms with E-state index in [1.165, 1.54) is 16.7 Å². The molecule has 1 aliphatic heterocycles. The molecule has 0 aliphatic carbocycles. The summed E-state index contributed by atoms with van der Waals surface area (Å²) in [4.78, 5) is 40.5. The van der Waals surface area contributed by atoms with Gasteiger partial charge in [0.2, 0.25) is 11.8 Å². The number of hydrogen-bond donors (Lipinski definition) is 0. The third-order valence-corrected chi connectivity index (χ3v) is 5.13. The summed E-state index contributed by atoms with van der Waals surface area (Å²) in [5, 5.41) is 0. The van der Waals surface area contributed by atoms with Crippen LogP contribution in [-0.4, -0.2) is 28.7 Å². The predicted molar refractivity (Wildman–Crippen MR) is 102 cm³/mol. The maximum Gasteiger partial charge on any atom is 0.257 e. The first kappa shape index (κ1) is 18.3. The first-order chi connectivity index (χ1) is 12.4. The molecule has 5 nitrogen and oxygen atoms in total. The molecule has 0 spiro atoms. The van der Waals surface area contributed by atoms with Gasteiger partial charge in [0.1, 0.15) is 6.04 Å². The van der Waals surface area contributed by atoms with E-state index in [4.69, 9.17) is 0 Å². The van der Waals surface area contributed by atoms with E-state index in [0.717, 1.165) is 10.0 Å². The zero-order chi connectivity index (χ0) is 18.8. The number of rotatable bonds is 4. The summed E-state index contributed by atoms with van der Waals surface area (Å²) >= 11 is 3.34. The average Bonchev–Trinajstić information content (AvgIpc) is 2.91. The van der Waals surface area contributed by atoms with Crippen molar-refractivity contribution in [2.75, 3.05) is 4.90 Å². The highest BCUT2D eigenvalue weighted by Crippen LogP contribution is 2.31. The molecule has 0 aromatic heterocycles. The van der Waals surface area contributed by atoms with Crippen LogP contribution in [0.25, 0.3) is 0 Å². The molecule has 2 aromatic rings. The van der Waals surface area contributed by atoms with Crippen molar-refractivity contribution < 1.29 is 14.4 Å². The van der Waals surface area contributed by atoms with Gasteiger partial charge in [0.05, 0.1) is 18.2 Å². The topological polar surface area (TPSA) is 57.7 Å². The van der Waals surface area contributed by atoms with Gasteiger partial charge in [-0.2, -0.15) is 0 Å². The lowest BCUT2D eigenvalue weighted by atomic mass is 10.0. The van der Waals surface area contributed by atoms with E-state index in [9.17, 15) is 14.4 Å². The van der Waals surface area contributed by atoms with Crippen LogP contribution in [0.1, 0.15) is 31.9 Å². The normalized spacial score (nSPS) is 18.1. The number of hydrogen-bond acceptors (Lipinski definition) is 3. The van der Waals surface area contributed by atoms with Gasteiger partial charge in [0.15, 0.2) is 0 Å². The number of imide groups is 1. The van der Waals surface area contributed by atoms with Crippen LogP contribution in [0.3, 0.4) is 0 Å². The molecule has 0 N–H and O–H groups in total. The zero-order valence-electron chi connectivity index (χ0n) is 14.6. The molecule has 6 heteroatoms. The number of amides is 3. The van der Waals surface area contributed by atoms with E-state index in [0.29, 0.717) is 5.69 Å². The van der Waals surface area contributed by atoms with Crippen LogP contribution in [0.4, 0.5) is 5.69 Å². The van der Waals surface area contributed by atoms with Gasteiger partial charge in [-0.15, -0.1) is 0 Å². The highest BCUT2D eigenvalue weighted by Gasteiger charge is 2.45. The van der Waals surface area contributed by atoms with Crippen molar-refractivity contribution in [1.29, 1.82) is 0 Å². The molecule has 0 radical (unpaired) electrons. The number of carbonyl (C=O) groups excluding carboxylic acids is 3. The van der Waals surface area contributed by atoms with Gasteiger partial charge in [-0.1, -0.05) is 46.3 Å². The smallest absolute Gasteiger partial charge is 0.257 e. The third-order valence-electron chi connectivity index (χ3n) is 4.61. The first-order valence-corrected chi connectivity index (χ1v) is 9.15. The second kappa shape index (κ2) is 7.41. The van der Waals surface area contributed by atoms with Gasteiger partial charge in [0, 0.05) is 11.4 Å². The van der Waals surface area contributed by atoms with Gasteiger partial charge in [-0.25, -0.2) is 4.90 Å². The maximum atomic E-state index is 13.0. The number of nitrogens with zero attached hydrogens (tertiary/aromatic N) is 2. The second-order valence-electron chi connectivity index (χ2n) is 6.28. The van der Waals surface area contributed by atoms with Crippen LogP contribution in [0.15, 0.2) is 59.1 Å². The van der Waals surface area contributed by atoms with Crippen LogP contribution >= 0.6 is 15.9 Å². The van der Waals surface area contributed by atoms with Gasteiger partial charge in [-0.05, 0) is 36.8 Å². The Balaban J connectivity index is 1.91. The standard InChI is InChI=1S/C20H19BrN2O3/c1-13(15-6-4-3-5-7-15)22(14(2)24)18-12-19(25)23(20(18)26)17-10-8-16(21)9-11-17/h3-11,13,18H,12H2,1-2H3. The van der Waals surface area contributed by atoms with Gasteiger partial charge < -0.3 is 4.90 Å². The minimum atomic E-state index is -0.793. The Bertz CT molecular complexity index is 836. The zero-order valence-corrected chi connectivity index (χ0v) is 16.1. The SMILES string of the molecule is CC(=O)N(C1CC(=O)N(c2ccc(Br)cc2)C1=O)C(C)c1ccccc1. The second-order valence-corrected chi connectivity index (χ2v) is 7.19. The molecular formula is C20H19BrN2O3. The highest BCUT2D eigenvalue weighted by atomic mass is 79.9. The molecule has 1 fully saturated rings.